The fourth-order valence-electron chi connectivity index (χ4n) is 2.02. The van der Waals surface area contributed by atoms with E-state index in [9.17, 15) is 0 Å². The van der Waals surface area contributed by atoms with Gasteiger partial charge in [-0.3, -0.25) is 0 Å². The molecule has 1 nitrogen and oxygen atoms in total. The van der Waals surface area contributed by atoms with Crippen LogP contribution < -0.4 is 5.73 Å². The molecule has 0 aromatic heterocycles. The predicted octanol–water partition coefficient (Wildman–Crippen LogP) is 3.04. The van der Waals surface area contributed by atoms with Crippen molar-refractivity contribution in [3.05, 3.63) is 0 Å². The van der Waals surface area contributed by atoms with Gasteiger partial charge in [0.15, 0.2) is 0 Å². The minimum atomic E-state index is 0.441. The average molecular weight is 201 g/mol. The van der Waals surface area contributed by atoms with Crippen molar-refractivity contribution in [2.75, 3.05) is 11.5 Å². The highest BCUT2D eigenvalue weighted by Gasteiger charge is 2.14. The summed E-state index contributed by atoms with van der Waals surface area (Å²) < 4.78 is 0. The van der Waals surface area contributed by atoms with E-state index >= 15 is 0 Å². The van der Waals surface area contributed by atoms with E-state index in [0.29, 0.717) is 6.04 Å². The maximum absolute atomic E-state index is 5.95. The largest absolute Gasteiger partial charge is 0.327 e. The van der Waals surface area contributed by atoms with Crippen LogP contribution in [0.2, 0.25) is 0 Å². The normalized spacial score (nSPS) is 20.8. The van der Waals surface area contributed by atoms with Gasteiger partial charge < -0.3 is 5.73 Å². The lowest BCUT2D eigenvalue weighted by atomic mass is 10.1. The molecule has 1 saturated carbocycles. The molecular weight excluding hydrogens is 178 g/mol. The van der Waals surface area contributed by atoms with Crippen molar-refractivity contribution in [2.24, 2.45) is 11.7 Å². The molecule has 2 heteroatoms. The summed E-state index contributed by atoms with van der Waals surface area (Å²) in [5, 5.41) is 0. The Morgan fingerprint density at radius 2 is 2.08 bits per heavy atom. The van der Waals surface area contributed by atoms with Crippen molar-refractivity contribution in [3.63, 3.8) is 0 Å². The third-order valence-electron chi connectivity index (χ3n) is 2.82. The van der Waals surface area contributed by atoms with Crippen LogP contribution >= 0.6 is 11.8 Å². The Labute approximate surface area is 86.8 Å². The Morgan fingerprint density at radius 1 is 1.38 bits per heavy atom. The van der Waals surface area contributed by atoms with E-state index in [4.69, 9.17) is 5.73 Å². The highest BCUT2D eigenvalue weighted by molar-refractivity contribution is 7.99. The quantitative estimate of drug-likeness (QED) is 0.715. The number of rotatable bonds is 6. The Morgan fingerprint density at radius 3 is 2.69 bits per heavy atom. The summed E-state index contributed by atoms with van der Waals surface area (Å²) in [6.45, 7) is 2.21. The monoisotopic (exact) mass is 201 g/mol. The van der Waals surface area contributed by atoms with Gasteiger partial charge in [-0.05, 0) is 30.9 Å². The van der Waals surface area contributed by atoms with Crippen LogP contribution in [0.5, 0.6) is 0 Å². The fourth-order valence-corrected chi connectivity index (χ4v) is 3.29. The van der Waals surface area contributed by atoms with E-state index in [1.165, 1.54) is 50.0 Å². The van der Waals surface area contributed by atoms with Gasteiger partial charge in [-0.15, -0.1) is 0 Å². The first-order valence-corrected chi connectivity index (χ1v) is 6.81. The van der Waals surface area contributed by atoms with Crippen molar-refractivity contribution < 1.29 is 0 Å². The van der Waals surface area contributed by atoms with E-state index < -0.39 is 0 Å². The van der Waals surface area contributed by atoms with Crippen LogP contribution in [0.4, 0.5) is 0 Å². The molecule has 2 N–H and O–H groups in total. The van der Waals surface area contributed by atoms with Crippen LogP contribution in [0.25, 0.3) is 0 Å². The lowest BCUT2D eigenvalue weighted by molar-refractivity contribution is 0.619. The summed E-state index contributed by atoms with van der Waals surface area (Å²) in [4.78, 5) is 0. The molecule has 0 aromatic rings. The Balaban J connectivity index is 1.93. The molecule has 0 bridgehead atoms. The SMILES string of the molecule is CCCC(N)CSCC1CCCC1. The molecule has 78 valence electrons. The Kier molecular flexibility index (Phi) is 5.88. The van der Waals surface area contributed by atoms with E-state index in [0.717, 1.165) is 5.92 Å². The zero-order chi connectivity index (χ0) is 9.52. The van der Waals surface area contributed by atoms with Crippen molar-refractivity contribution in [1.29, 1.82) is 0 Å². The molecule has 0 saturated heterocycles. The molecular formula is C11H23NS. The molecule has 0 aromatic carbocycles. The van der Waals surface area contributed by atoms with Crippen molar-refractivity contribution in [3.8, 4) is 0 Å². The van der Waals surface area contributed by atoms with E-state index in [1.54, 1.807) is 0 Å². The predicted molar refractivity (Wildman–Crippen MR) is 62.2 cm³/mol. The summed E-state index contributed by atoms with van der Waals surface area (Å²) in [5.74, 6) is 3.54. The summed E-state index contributed by atoms with van der Waals surface area (Å²) in [6, 6.07) is 0.441. The number of nitrogens with two attached hydrogens (primary N) is 1. The first kappa shape index (κ1) is 11.4. The maximum Gasteiger partial charge on any atom is 0.0130 e. The van der Waals surface area contributed by atoms with Crippen LogP contribution in [0.1, 0.15) is 45.4 Å². The first-order valence-electron chi connectivity index (χ1n) is 5.66. The van der Waals surface area contributed by atoms with Gasteiger partial charge in [0.25, 0.3) is 0 Å². The van der Waals surface area contributed by atoms with Gasteiger partial charge in [0.1, 0.15) is 0 Å². The molecule has 1 unspecified atom stereocenters. The minimum absolute atomic E-state index is 0.441. The number of hydrogen-bond donors (Lipinski definition) is 1. The van der Waals surface area contributed by atoms with Crippen molar-refractivity contribution >= 4 is 11.8 Å². The zero-order valence-electron chi connectivity index (χ0n) is 8.80. The van der Waals surface area contributed by atoms with Crippen molar-refractivity contribution in [1.82, 2.24) is 0 Å². The van der Waals surface area contributed by atoms with Gasteiger partial charge in [-0.2, -0.15) is 11.8 Å². The van der Waals surface area contributed by atoms with Crippen LogP contribution in [0.3, 0.4) is 0 Å². The highest BCUT2D eigenvalue weighted by atomic mass is 32.2. The summed E-state index contributed by atoms with van der Waals surface area (Å²) >= 11 is 2.07. The highest BCUT2D eigenvalue weighted by Crippen LogP contribution is 2.27. The molecule has 0 spiro atoms. The number of hydrogen-bond acceptors (Lipinski definition) is 2. The van der Waals surface area contributed by atoms with Crippen LogP contribution in [0, 0.1) is 5.92 Å². The van der Waals surface area contributed by atoms with Gasteiger partial charge in [0, 0.05) is 11.8 Å². The van der Waals surface area contributed by atoms with Gasteiger partial charge >= 0.3 is 0 Å². The molecule has 1 atom stereocenters. The van der Waals surface area contributed by atoms with Crippen LogP contribution in [-0.4, -0.2) is 17.5 Å². The van der Waals surface area contributed by atoms with E-state index in [2.05, 4.69) is 18.7 Å². The van der Waals surface area contributed by atoms with E-state index in [1.807, 2.05) is 0 Å². The molecule has 0 amide bonds. The summed E-state index contributed by atoms with van der Waals surface area (Å²) in [6.07, 6.45) is 8.29. The number of thioether (sulfide) groups is 1. The second kappa shape index (κ2) is 6.72. The third-order valence-corrected chi connectivity index (χ3v) is 4.19. The van der Waals surface area contributed by atoms with Gasteiger partial charge in [-0.25, -0.2) is 0 Å². The summed E-state index contributed by atoms with van der Waals surface area (Å²) in [7, 11) is 0. The third kappa shape index (κ3) is 4.92. The van der Waals surface area contributed by atoms with Gasteiger partial charge in [-0.1, -0.05) is 26.2 Å². The second-order valence-electron chi connectivity index (χ2n) is 4.24. The molecule has 1 fully saturated rings. The zero-order valence-corrected chi connectivity index (χ0v) is 9.61. The molecule has 0 radical (unpaired) electrons. The standard InChI is InChI=1S/C11H23NS/c1-2-5-11(12)9-13-8-10-6-3-4-7-10/h10-11H,2-9,12H2,1H3. The molecule has 1 aliphatic carbocycles. The fraction of sp³-hybridized carbons (Fsp3) is 1.00. The minimum Gasteiger partial charge on any atom is -0.327 e. The van der Waals surface area contributed by atoms with Crippen molar-refractivity contribution in [2.45, 2.75) is 51.5 Å². The average Bonchev–Trinajstić information content (AvgIpc) is 2.57. The van der Waals surface area contributed by atoms with Crippen LogP contribution in [0.15, 0.2) is 0 Å². The Bertz CT molecular complexity index is 121. The lowest BCUT2D eigenvalue weighted by Gasteiger charge is -2.12. The molecule has 0 aliphatic heterocycles. The lowest BCUT2D eigenvalue weighted by Crippen LogP contribution is -2.22. The van der Waals surface area contributed by atoms with Gasteiger partial charge in [0.2, 0.25) is 0 Å². The Hall–Kier alpha value is 0.310. The topological polar surface area (TPSA) is 26.0 Å². The molecule has 1 rings (SSSR count). The van der Waals surface area contributed by atoms with Crippen LogP contribution in [-0.2, 0) is 0 Å². The van der Waals surface area contributed by atoms with E-state index in [-0.39, 0.29) is 0 Å². The van der Waals surface area contributed by atoms with Gasteiger partial charge in [0.05, 0.1) is 0 Å². The molecule has 1 aliphatic rings. The summed E-state index contributed by atoms with van der Waals surface area (Å²) in [5.41, 5.74) is 5.95. The smallest absolute Gasteiger partial charge is 0.0130 e. The maximum atomic E-state index is 5.95. The second-order valence-corrected chi connectivity index (χ2v) is 5.31. The molecule has 13 heavy (non-hydrogen) atoms. The molecule has 0 heterocycles. The first-order chi connectivity index (χ1) is 6.33.